The molecule has 0 aliphatic rings. The van der Waals surface area contributed by atoms with Gasteiger partial charge in [0.1, 0.15) is 17.2 Å². The number of carbonyl (C=O) groups excluding carboxylic acids is 1. The molecule has 7 nitrogen and oxygen atoms in total. The molecule has 0 saturated carbocycles. The second-order valence-electron chi connectivity index (χ2n) is 4.44. The molecule has 2 heterocycles. The molecule has 1 amide bonds. The number of thioether (sulfide) groups is 1. The van der Waals surface area contributed by atoms with Gasteiger partial charge in [-0.3, -0.25) is 4.79 Å². The van der Waals surface area contributed by atoms with Gasteiger partial charge in [0, 0.05) is 5.56 Å². The Labute approximate surface area is 128 Å². The summed E-state index contributed by atoms with van der Waals surface area (Å²) >= 11 is 1.17. The number of rotatable bonds is 5. The Morgan fingerprint density at radius 3 is 2.91 bits per heavy atom. The molecule has 2 aromatic heterocycles. The molecule has 0 aliphatic heterocycles. The number of nitrogens with two attached hydrogens (primary N) is 1. The summed E-state index contributed by atoms with van der Waals surface area (Å²) in [6.45, 7) is 0.208. The molecule has 0 saturated heterocycles. The van der Waals surface area contributed by atoms with Gasteiger partial charge in [-0.1, -0.05) is 35.2 Å². The Balaban J connectivity index is 1.94. The van der Waals surface area contributed by atoms with Crippen LogP contribution in [0.4, 0.5) is 4.39 Å². The van der Waals surface area contributed by atoms with Gasteiger partial charge >= 0.3 is 0 Å². The lowest BCUT2D eigenvalue weighted by Crippen LogP contribution is -2.13. The highest BCUT2D eigenvalue weighted by Gasteiger charge is 2.14. The highest BCUT2D eigenvalue weighted by molar-refractivity contribution is 8.00. The van der Waals surface area contributed by atoms with Crippen molar-refractivity contribution in [3.05, 3.63) is 42.0 Å². The van der Waals surface area contributed by atoms with E-state index in [0.717, 1.165) is 0 Å². The van der Waals surface area contributed by atoms with Crippen LogP contribution in [-0.2, 0) is 11.3 Å². The summed E-state index contributed by atoms with van der Waals surface area (Å²) in [4.78, 5) is 19.1. The van der Waals surface area contributed by atoms with Gasteiger partial charge in [0.2, 0.25) is 5.91 Å². The molecule has 3 rings (SSSR count). The summed E-state index contributed by atoms with van der Waals surface area (Å²) in [6, 6.07) is 6.43. The second-order valence-corrected chi connectivity index (χ2v) is 5.41. The van der Waals surface area contributed by atoms with Gasteiger partial charge < -0.3 is 5.73 Å². The van der Waals surface area contributed by atoms with Crippen LogP contribution in [0.1, 0.15) is 5.56 Å². The summed E-state index contributed by atoms with van der Waals surface area (Å²) < 4.78 is 15.2. The average molecular weight is 318 g/mol. The van der Waals surface area contributed by atoms with Crippen molar-refractivity contribution in [1.29, 1.82) is 0 Å². The van der Waals surface area contributed by atoms with E-state index in [1.807, 2.05) is 0 Å². The summed E-state index contributed by atoms with van der Waals surface area (Å²) in [7, 11) is 0. The first-order chi connectivity index (χ1) is 10.6. The fourth-order valence-corrected chi connectivity index (χ4v) is 2.58. The van der Waals surface area contributed by atoms with Crippen LogP contribution in [0.5, 0.6) is 0 Å². The topological polar surface area (TPSA) is 99.6 Å². The molecule has 0 atom stereocenters. The number of aromatic nitrogens is 5. The first-order valence-corrected chi connectivity index (χ1v) is 7.32. The number of primary amides is 1. The number of fused-ring (bicyclic) bond motifs is 1. The summed E-state index contributed by atoms with van der Waals surface area (Å²) in [6.07, 6.45) is 1.35. The Hall–Kier alpha value is -2.55. The van der Waals surface area contributed by atoms with Crippen LogP contribution in [0, 0.1) is 5.82 Å². The number of hydrogen-bond donors (Lipinski definition) is 1. The van der Waals surface area contributed by atoms with Crippen LogP contribution in [0.25, 0.3) is 11.2 Å². The molecule has 0 aliphatic carbocycles. The molecule has 2 N–H and O–H groups in total. The molecular weight excluding hydrogens is 307 g/mol. The van der Waals surface area contributed by atoms with Crippen LogP contribution in [0.15, 0.2) is 35.6 Å². The molecule has 22 heavy (non-hydrogen) atoms. The van der Waals surface area contributed by atoms with Crippen molar-refractivity contribution in [3.8, 4) is 0 Å². The van der Waals surface area contributed by atoms with Gasteiger partial charge in [0.25, 0.3) is 0 Å². The maximum atomic E-state index is 13.7. The van der Waals surface area contributed by atoms with Gasteiger partial charge in [0.15, 0.2) is 11.2 Å². The predicted octanol–water partition coefficient (Wildman–Crippen LogP) is 0.986. The molecule has 0 fully saturated rings. The van der Waals surface area contributed by atoms with E-state index in [2.05, 4.69) is 20.3 Å². The minimum atomic E-state index is -0.449. The SMILES string of the molecule is NC(=O)CSc1ncnc2c1nnn2Cc1ccccc1F. The highest BCUT2D eigenvalue weighted by atomic mass is 32.2. The number of amides is 1. The van der Waals surface area contributed by atoms with Crippen LogP contribution >= 0.6 is 11.8 Å². The molecule has 0 bridgehead atoms. The van der Waals surface area contributed by atoms with Crippen molar-refractivity contribution >= 4 is 28.8 Å². The van der Waals surface area contributed by atoms with E-state index in [-0.39, 0.29) is 18.1 Å². The Bertz CT molecular complexity index is 836. The van der Waals surface area contributed by atoms with Gasteiger partial charge in [-0.25, -0.2) is 19.0 Å². The predicted molar refractivity (Wildman–Crippen MR) is 78.5 cm³/mol. The van der Waals surface area contributed by atoms with E-state index in [1.165, 1.54) is 28.8 Å². The van der Waals surface area contributed by atoms with Gasteiger partial charge in [0.05, 0.1) is 12.3 Å². The standard InChI is InChI=1S/C13H11FN6OS/c14-9-4-2-1-3-8(9)5-20-12-11(18-19-20)13(17-7-16-12)22-6-10(15)21/h1-4,7H,5-6H2,(H2,15,21). The summed E-state index contributed by atoms with van der Waals surface area (Å²) in [5.74, 6) is -0.675. The van der Waals surface area contributed by atoms with Gasteiger partial charge in [-0.2, -0.15) is 0 Å². The number of hydrogen-bond acceptors (Lipinski definition) is 6. The van der Waals surface area contributed by atoms with Gasteiger partial charge in [-0.15, -0.1) is 5.10 Å². The Morgan fingerprint density at radius 1 is 1.32 bits per heavy atom. The molecule has 0 spiro atoms. The van der Waals surface area contributed by atoms with Crippen molar-refractivity contribution in [2.45, 2.75) is 11.6 Å². The van der Waals surface area contributed by atoms with Crippen LogP contribution < -0.4 is 5.73 Å². The van der Waals surface area contributed by atoms with Crippen LogP contribution in [0.3, 0.4) is 0 Å². The van der Waals surface area contributed by atoms with Crippen LogP contribution in [0.2, 0.25) is 0 Å². The maximum absolute atomic E-state index is 13.7. The van der Waals surface area contributed by atoms with E-state index >= 15 is 0 Å². The fraction of sp³-hybridized carbons (Fsp3) is 0.154. The Kier molecular flexibility index (Phi) is 3.96. The third kappa shape index (κ3) is 2.89. The second kappa shape index (κ2) is 6.06. The average Bonchev–Trinajstić information content (AvgIpc) is 2.91. The lowest BCUT2D eigenvalue weighted by Gasteiger charge is -2.03. The van der Waals surface area contributed by atoms with E-state index in [4.69, 9.17) is 5.73 Å². The van der Waals surface area contributed by atoms with E-state index in [1.54, 1.807) is 18.2 Å². The molecule has 9 heteroatoms. The minimum Gasteiger partial charge on any atom is -0.369 e. The van der Waals surface area contributed by atoms with E-state index in [9.17, 15) is 9.18 Å². The van der Waals surface area contributed by atoms with E-state index in [0.29, 0.717) is 21.8 Å². The summed E-state index contributed by atoms with van der Waals surface area (Å²) in [5, 5.41) is 8.52. The van der Waals surface area contributed by atoms with Crippen molar-refractivity contribution in [3.63, 3.8) is 0 Å². The number of halogens is 1. The highest BCUT2D eigenvalue weighted by Crippen LogP contribution is 2.22. The van der Waals surface area contributed by atoms with E-state index < -0.39 is 5.91 Å². The molecular formula is C13H11FN6OS. The number of carbonyl (C=O) groups is 1. The zero-order chi connectivity index (χ0) is 15.5. The normalized spacial score (nSPS) is 11.0. The van der Waals surface area contributed by atoms with Crippen molar-refractivity contribution in [2.24, 2.45) is 5.73 Å². The minimum absolute atomic E-state index is 0.0896. The first kappa shape index (κ1) is 14.4. The number of nitrogens with zero attached hydrogens (tertiary/aromatic N) is 5. The lowest BCUT2D eigenvalue weighted by atomic mass is 10.2. The number of benzene rings is 1. The molecule has 112 valence electrons. The van der Waals surface area contributed by atoms with Crippen molar-refractivity contribution in [2.75, 3.05) is 5.75 Å². The first-order valence-electron chi connectivity index (χ1n) is 6.34. The largest absolute Gasteiger partial charge is 0.369 e. The smallest absolute Gasteiger partial charge is 0.227 e. The van der Waals surface area contributed by atoms with Crippen molar-refractivity contribution in [1.82, 2.24) is 25.0 Å². The zero-order valence-electron chi connectivity index (χ0n) is 11.3. The molecule has 0 radical (unpaired) electrons. The fourth-order valence-electron chi connectivity index (χ4n) is 1.91. The Morgan fingerprint density at radius 2 is 2.14 bits per heavy atom. The lowest BCUT2D eigenvalue weighted by molar-refractivity contribution is -0.115. The third-order valence-electron chi connectivity index (χ3n) is 2.90. The monoisotopic (exact) mass is 318 g/mol. The molecule has 0 unspecified atom stereocenters. The zero-order valence-corrected chi connectivity index (χ0v) is 12.1. The quantitative estimate of drug-likeness (QED) is 0.556. The summed E-state index contributed by atoms with van der Waals surface area (Å²) in [5.41, 5.74) is 6.55. The van der Waals surface area contributed by atoms with Gasteiger partial charge in [-0.05, 0) is 6.07 Å². The van der Waals surface area contributed by atoms with Crippen LogP contribution in [-0.4, -0.2) is 36.6 Å². The molecule has 3 aromatic rings. The third-order valence-corrected chi connectivity index (χ3v) is 3.90. The molecule has 1 aromatic carbocycles. The maximum Gasteiger partial charge on any atom is 0.227 e. The van der Waals surface area contributed by atoms with Crippen molar-refractivity contribution < 1.29 is 9.18 Å².